The fraction of sp³-hybridized carbons (Fsp3) is 0.261. The predicted octanol–water partition coefficient (Wildman–Crippen LogP) is 5.16. The molecule has 2 N–H and O–H groups in total. The van der Waals surface area contributed by atoms with Gasteiger partial charge < -0.3 is 10.4 Å². The fourth-order valence-corrected chi connectivity index (χ4v) is 3.49. The molecular weight excluding hydrogens is 461 g/mol. The number of carbonyl (C=O) groups excluding carboxylic acids is 1. The van der Waals surface area contributed by atoms with Crippen LogP contribution in [0.2, 0.25) is 0 Å². The zero-order valence-corrected chi connectivity index (χ0v) is 18.0. The van der Waals surface area contributed by atoms with Gasteiger partial charge in [0, 0.05) is 13.5 Å². The molecule has 1 aromatic heterocycles. The van der Waals surface area contributed by atoms with Crippen molar-refractivity contribution in [3.8, 4) is 0 Å². The van der Waals surface area contributed by atoms with E-state index in [-0.39, 0.29) is 23.2 Å². The lowest BCUT2D eigenvalue weighted by Crippen LogP contribution is -2.28. The van der Waals surface area contributed by atoms with E-state index in [1.54, 1.807) is 6.92 Å². The van der Waals surface area contributed by atoms with Gasteiger partial charge in [-0.05, 0) is 42.3 Å². The largest absolute Gasteiger partial charge is 0.478 e. The minimum absolute atomic E-state index is 0.0107. The van der Waals surface area contributed by atoms with Gasteiger partial charge in [-0.3, -0.25) is 9.48 Å². The Bertz CT molecular complexity index is 1190. The first kappa shape index (κ1) is 24.9. The molecule has 0 bridgehead atoms. The second-order valence-electron chi connectivity index (χ2n) is 7.63. The molecule has 0 aliphatic rings. The van der Waals surface area contributed by atoms with Gasteiger partial charge in [0.1, 0.15) is 5.69 Å². The summed E-state index contributed by atoms with van der Waals surface area (Å²) in [6.45, 7) is 1.60. The first-order chi connectivity index (χ1) is 15.9. The Balaban J connectivity index is 1.88. The molecule has 0 aliphatic carbocycles. The number of carboxylic acids is 1. The van der Waals surface area contributed by atoms with Crippen molar-refractivity contribution in [3.05, 3.63) is 87.7 Å². The number of carboxylic acid groups (broad SMARTS) is 1. The van der Waals surface area contributed by atoms with Crippen LogP contribution in [0.15, 0.2) is 48.5 Å². The molecule has 0 aliphatic heterocycles. The van der Waals surface area contributed by atoms with E-state index < -0.39 is 41.8 Å². The standard InChI is InChI=1S/C23H20F5N3O3/c1-12(14-5-7-15(8-6-14)22(33)34)29-21(32)18-17(30-31(2)19(18)20(24)25)11-13-3-9-16(10-4-13)23(26,27)28/h3-10,12,20H,11H2,1-2H3,(H,29,32)(H,33,34). The van der Waals surface area contributed by atoms with E-state index in [2.05, 4.69) is 10.4 Å². The summed E-state index contributed by atoms with van der Waals surface area (Å²) >= 11 is 0. The first-order valence-corrected chi connectivity index (χ1v) is 10.0. The first-order valence-electron chi connectivity index (χ1n) is 10.0. The normalized spacial score (nSPS) is 12.6. The van der Waals surface area contributed by atoms with E-state index in [9.17, 15) is 31.5 Å². The number of hydrogen-bond donors (Lipinski definition) is 2. The molecule has 1 amide bonds. The third-order valence-corrected chi connectivity index (χ3v) is 5.26. The van der Waals surface area contributed by atoms with Crippen LogP contribution >= 0.6 is 0 Å². The quantitative estimate of drug-likeness (QED) is 0.457. The number of amides is 1. The highest BCUT2D eigenvalue weighted by Gasteiger charge is 2.31. The van der Waals surface area contributed by atoms with Gasteiger partial charge in [-0.2, -0.15) is 18.3 Å². The molecule has 0 radical (unpaired) electrons. The highest BCUT2D eigenvalue weighted by molar-refractivity contribution is 5.97. The molecule has 2 aromatic carbocycles. The molecular formula is C23H20F5N3O3. The summed E-state index contributed by atoms with van der Waals surface area (Å²) in [6, 6.07) is 9.19. The van der Waals surface area contributed by atoms with Crippen molar-refractivity contribution in [2.45, 2.75) is 32.0 Å². The lowest BCUT2D eigenvalue weighted by atomic mass is 10.0. The van der Waals surface area contributed by atoms with Gasteiger partial charge in [0.15, 0.2) is 0 Å². The van der Waals surface area contributed by atoms with Gasteiger partial charge in [0.25, 0.3) is 12.3 Å². The number of nitrogens with zero attached hydrogens (tertiary/aromatic N) is 2. The molecule has 0 saturated carbocycles. The smallest absolute Gasteiger partial charge is 0.416 e. The number of alkyl halides is 5. The maximum Gasteiger partial charge on any atom is 0.416 e. The fourth-order valence-electron chi connectivity index (χ4n) is 3.49. The van der Waals surface area contributed by atoms with Crippen molar-refractivity contribution >= 4 is 11.9 Å². The zero-order valence-electron chi connectivity index (χ0n) is 18.0. The zero-order chi connectivity index (χ0) is 25.2. The Morgan fingerprint density at radius 2 is 1.65 bits per heavy atom. The van der Waals surface area contributed by atoms with E-state index in [0.717, 1.165) is 16.8 Å². The molecule has 180 valence electrons. The molecule has 1 atom stereocenters. The van der Waals surface area contributed by atoms with Crippen LogP contribution in [0.3, 0.4) is 0 Å². The summed E-state index contributed by atoms with van der Waals surface area (Å²) in [5, 5.41) is 15.6. The van der Waals surface area contributed by atoms with Crippen molar-refractivity contribution in [1.29, 1.82) is 0 Å². The second kappa shape index (κ2) is 9.62. The van der Waals surface area contributed by atoms with Crippen LogP contribution in [0.25, 0.3) is 0 Å². The van der Waals surface area contributed by atoms with Crippen LogP contribution in [0.4, 0.5) is 22.0 Å². The number of halogens is 5. The average Bonchev–Trinajstić information content (AvgIpc) is 3.09. The van der Waals surface area contributed by atoms with E-state index >= 15 is 0 Å². The van der Waals surface area contributed by atoms with Crippen LogP contribution < -0.4 is 5.32 Å². The molecule has 11 heteroatoms. The number of aromatic nitrogens is 2. The third kappa shape index (κ3) is 5.41. The summed E-state index contributed by atoms with van der Waals surface area (Å²) < 4.78 is 66.8. The van der Waals surface area contributed by atoms with Crippen LogP contribution in [0, 0.1) is 0 Å². The average molecular weight is 481 g/mol. The minimum Gasteiger partial charge on any atom is -0.478 e. The molecule has 0 fully saturated rings. The number of nitrogens with one attached hydrogen (secondary N) is 1. The second-order valence-corrected chi connectivity index (χ2v) is 7.63. The van der Waals surface area contributed by atoms with Crippen molar-refractivity contribution in [1.82, 2.24) is 15.1 Å². The van der Waals surface area contributed by atoms with Gasteiger partial charge in [0.05, 0.1) is 28.4 Å². The Morgan fingerprint density at radius 3 is 2.15 bits per heavy atom. The Kier molecular flexibility index (Phi) is 7.04. The molecule has 3 rings (SSSR count). The van der Waals surface area contributed by atoms with Gasteiger partial charge in [-0.1, -0.05) is 24.3 Å². The Hall–Kier alpha value is -3.76. The predicted molar refractivity (Wildman–Crippen MR) is 112 cm³/mol. The summed E-state index contributed by atoms with van der Waals surface area (Å²) in [5.74, 6) is -1.95. The van der Waals surface area contributed by atoms with Crippen LogP contribution in [-0.2, 0) is 19.6 Å². The lowest BCUT2D eigenvalue weighted by Gasteiger charge is -2.16. The lowest BCUT2D eigenvalue weighted by molar-refractivity contribution is -0.137. The van der Waals surface area contributed by atoms with Crippen LogP contribution in [0.1, 0.15) is 68.2 Å². The van der Waals surface area contributed by atoms with Crippen molar-refractivity contribution in [3.63, 3.8) is 0 Å². The van der Waals surface area contributed by atoms with E-state index in [1.807, 2.05) is 0 Å². The summed E-state index contributed by atoms with van der Waals surface area (Å²) in [4.78, 5) is 24.0. The van der Waals surface area contributed by atoms with Crippen LogP contribution in [0.5, 0.6) is 0 Å². The van der Waals surface area contributed by atoms with Gasteiger partial charge in [0.2, 0.25) is 0 Å². The maximum absolute atomic E-state index is 13.7. The molecule has 0 spiro atoms. The van der Waals surface area contributed by atoms with Crippen molar-refractivity contribution < 1.29 is 36.6 Å². The Morgan fingerprint density at radius 1 is 1.06 bits per heavy atom. The number of aromatic carboxylic acids is 1. The minimum atomic E-state index is -4.52. The molecule has 1 unspecified atom stereocenters. The number of rotatable bonds is 7. The molecule has 34 heavy (non-hydrogen) atoms. The molecule has 1 heterocycles. The summed E-state index contributed by atoms with van der Waals surface area (Å²) in [7, 11) is 1.25. The highest BCUT2D eigenvalue weighted by Crippen LogP contribution is 2.31. The topological polar surface area (TPSA) is 84.2 Å². The van der Waals surface area contributed by atoms with Gasteiger partial charge >= 0.3 is 12.1 Å². The van der Waals surface area contributed by atoms with E-state index in [0.29, 0.717) is 11.1 Å². The van der Waals surface area contributed by atoms with Crippen molar-refractivity contribution in [2.75, 3.05) is 0 Å². The van der Waals surface area contributed by atoms with E-state index in [4.69, 9.17) is 5.11 Å². The maximum atomic E-state index is 13.7. The van der Waals surface area contributed by atoms with Gasteiger partial charge in [-0.25, -0.2) is 13.6 Å². The van der Waals surface area contributed by atoms with Crippen LogP contribution in [-0.4, -0.2) is 26.8 Å². The number of aryl methyl sites for hydroxylation is 1. The SMILES string of the molecule is CC(NC(=O)c1c(Cc2ccc(C(F)(F)F)cc2)nn(C)c1C(F)F)c1ccc(C(=O)O)cc1. The monoisotopic (exact) mass is 481 g/mol. The van der Waals surface area contributed by atoms with Gasteiger partial charge in [-0.15, -0.1) is 0 Å². The van der Waals surface area contributed by atoms with Crippen molar-refractivity contribution in [2.24, 2.45) is 7.05 Å². The Labute approximate surface area is 191 Å². The number of carbonyl (C=O) groups is 2. The third-order valence-electron chi connectivity index (χ3n) is 5.26. The van der Waals surface area contributed by atoms with E-state index in [1.165, 1.54) is 43.4 Å². The summed E-state index contributed by atoms with van der Waals surface area (Å²) in [6.07, 6.45) is -7.68. The molecule has 6 nitrogen and oxygen atoms in total. The summed E-state index contributed by atoms with van der Waals surface area (Å²) in [5.41, 5.74) is -0.884. The molecule has 0 saturated heterocycles. The highest BCUT2D eigenvalue weighted by atomic mass is 19.4. The molecule has 3 aromatic rings. The number of benzene rings is 2. The number of hydrogen-bond acceptors (Lipinski definition) is 3.